The summed E-state index contributed by atoms with van der Waals surface area (Å²) in [7, 11) is 1.23. The molecule has 0 spiro atoms. The number of thioether (sulfide) groups is 1. The van der Waals surface area contributed by atoms with Crippen LogP contribution in [-0.2, 0) is 6.18 Å². The van der Waals surface area contributed by atoms with Crippen LogP contribution in [0.4, 0.5) is 37.2 Å². The van der Waals surface area contributed by atoms with E-state index in [0.717, 1.165) is 31.2 Å². The lowest BCUT2D eigenvalue weighted by atomic mass is 9.92. The molecular formula is C32H34F6N6OS2. The van der Waals surface area contributed by atoms with Crippen molar-refractivity contribution in [2.75, 3.05) is 49.3 Å². The Morgan fingerprint density at radius 2 is 1.91 bits per heavy atom. The Hall–Kier alpha value is -3.48. The van der Waals surface area contributed by atoms with E-state index < -0.39 is 40.6 Å². The Labute approximate surface area is 276 Å². The van der Waals surface area contributed by atoms with Crippen molar-refractivity contribution < 1.29 is 31.1 Å². The summed E-state index contributed by atoms with van der Waals surface area (Å²) in [5.74, 6) is 0.679. The number of alkyl halides is 4. The molecule has 5 heterocycles. The zero-order chi connectivity index (χ0) is 33.9. The molecule has 0 amide bonds. The molecule has 15 heteroatoms. The third-order valence-corrected chi connectivity index (χ3v) is 10.4. The van der Waals surface area contributed by atoms with E-state index in [1.165, 1.54) is 44.3 Å². The fourth-order valence-electron chi connectivity index (χ4n) is 6.13. The maximum absolute atomic E-state index is 15.9. The monoisotopic (exact) mass is 696 g/mol. The van der Waals surface area contributed by atoms with Crippen LogP contribution >= 0.6 is 23.1 Å². The number of hydrogen-bond acceptors (Lipinski definition) is 9. The van der Waals surface area contributed by atoms with Gasteiger partial charge < -0.3 is 15.8 Å². The quantitative estimate of drug-likeness (QED) is 0.205. The van der Waals surface area contributed by atoms with Crippen molar-refractivity contribution in [1.29, 1.82) is 5.26 Å². The molecule has 3 aliphatic rings. The first-order valence-electron chi connectivity index (χ1n) is 15.2. The summed E-state index contributed by atoms with van der Waals surface area (Å²) in [6.45, 7) is 3.84. The molecule has 0 radical (unpaired) electrons. The van der Waals surface area contributed by atoms with Crippen LogP contribution in [0.15, 0.2) is 18.2 Å². The molecule has 252 valence electrons. The molecule has 0 saturated carbocycles. The smallest absolute Gasteiger partial charge is 0.417 e. The van der Waals surface area contributed by atoms with Gasteiger partial charge in [0.25, 0.3) is 0 Å². The number of aromatic nitrogens is 2. The maximum Gasteiger partial charge on any atom is 0.417 e. The highest BCUT2D eigenvalue weighted by Crippen LogP contribution is 2.47. The molecule has 7 nitrogen and oxygen atoms in total. The van der Waals surface area contributed by atoms with Gasteiger partial charge in [0.15, 0.2) is 5.82 Å². The second-order valence-electron chi connectivity index (χ2n) is 11.3. The van der Waals surface area contributed by atoms with Crippen molar-refractivity contribution in [1.82, 2.24) is 14.9 Å². The predicted octanol–water partition coefficient (Wildman–Crippen LogP) is 8.41. The van der Waals surface area contributed by atoms with E-state index >= 15 is 4.39 Å². The van der Waals surface area contributed by atoms with Crippen LogP contribution in [0.1, 0.15) is 50.2 Å². The Morgan fingerprint density at radius 1 is 1.17 bits per heavy atom. The lowest BCUT2D eigenvalue weighted by molar-refractivity contribution is -0.137. The van der Waals surface area contributed by atoms with E-state index in [1.54, 1.807) is 13.0 Å². The highest BCUT2D eigenvalue weighted by atomic mass is 32.2. The van der Waals surface area contributed by atoms with Crippen molar-refractivity contribution >= 4 is 54.9 Å². The molecule has 0 aliphatic carbocycles. The second-order valence-corrected chi connectivity index (χ2v) is 13.6. The number of ether oxygens (including phenoxy) is 1. The van der Waals surface area contributed by atoms with E-state index in [9.17, 15) is 27.2 Å². The Balaban J connectivity index is 0.000000251. The summed E-state index contributed by atoms with van der Waals surface area (Å²) in [6, 6.07) is 4.75. The van der Waals surface area contributed by atoms with Crippen molar-refractivity contribution in [2.24, 2.45) is 0 Å². The van der Waals surface area contributed by atoms with Crippen molar-refractivity contribution in [2.45, 2.75) is 57.4 Å². The number of nitrogens with one attached hydrogen (secondary N) is 1. The molecule has 4 aromatic rings. The maximum atomic E-state index is 15.9. The number of halogens is 6. The minimum absolute atomic E-state index is 0.0444. The summed E-state index contributed by atoms with van der Waals surface area (Å²) in [5.41, 5.74) is 2.59. The van der Waals surface area contributed by atoms with Gasteiger partial charge in [0.05, 0.1) is 22.9 Å². The summed E-state index contributed by atoms with van der Waals surface area (Å²) in [4.78, 5) is 10.2. The lowest BCUT2D eigenvalue weighted by Gasteiger charge is -2.18. The fraction of sp³-hybridized carbons (Fsp3) is 0.469. The molecule has 0 bridgehead atoms. The number of nitrogen functional groups attached to an aromatic ring is 1. The molecule has 47 heavy (non-hydrogen) atoms. The van der Waals surface area contributed by atoms with Gasteiger partial charge in [0.2, 0.25) is 0 Å². The summed E-state index contributed by atoms with van der Waals surface area (Å²) in [5, 5.41) is 11.8. The van der Waals surface area contributed by atoms with Crippen molar-refractivity contribution in [3.63, 3.8) is 0 Å². The molecule has 3 fully saturated rings. The summed E-state index contributed by atoms with van der Waals surface area (Å²) < 4.78 is 90.2. The van der Waals surface area contributed by atoms with E-state index in [-0.39, 0.29) is 50.0 Å². The molecule has 2 atom stereocenters. The number of fused-ring (bicyclic) bond motifs is 3. The van der Waals surface area contributed by atoms with Crippen LogP contribution in [0.25, 0.3) is 32.1 Å². The Bertz CT molecular complexity index is 1770. The zero-order valence-electron chi connectivity index (χ0n) is 25.8. The zero-order valence-corrected chi connectivity index (χ0v) is 27.4. The first kappa shape index (κ1) is 34.8. The fourth-order valence-corrected chi connectivity index (χ4v) is 8.10. The minimum atomic E-state index is -5.00. The summed E-state index contributed by atoms with van der Waals surface area (Å²) in [6.07, 6.45) is 0.742. The molecule has 2 aromatic carbocycles. The normalized spacial score (nSPS) is 19.1. The Kier molecular flexibility index (Phi) is 10.9. The number of benzene rings is 2. The van der Waals surface area contributed by atoms with Gasteiger partial charge in [-0.15, -0.1) is 11.3 Å². The van der Waals surface area contributed by atoms with Crippen molar-refractivity contribution in [3.8, 4) is 23.2 Å². The first-order chi connectivity index (χ1) is 22.5. The van der Waals surface area contributed by atoms with Gasteiger partial charge in [-0.1, -0.05) is 6.07 Å². The van der Waals surface area contributed by atoms with E-state index in [4.69, 9.17) is 10.5 Å². The molecule has 3 saturated heterocycles. The Morgan fingerprint density at radius 3 is 2.51 bits per heavy atom. The molecule has 2 unspecified atom stereocenters. The van der Waals surface area contributed by atoms with E-state index in [2.05, 4.69) is 31.9 Å². The minimum Gasteiger partial charge on any atom is -0.467 e. The number of thiophene rings is 1. The van der Waals surface area contributed by atoms with Gasteiger partial charge in [0.1, 0.15) is 34.4 Å². The number of hydrogen-bond donors (Lipinski definition) is 2. The molecule has 3 N–H and O–H groups in total. The van der Waals surface area contributed by atoms with Crippen LogP contribution < -0.4 is 15.8 Å². The van der Waals surface area contributed by atoms with Crippen LogP contribution in [0.5, 0.6) is 6.01 Å². The highest BCUT2D eigenvalue weighted by Gasteiger charge is 2.38. The van der Waals surface area contributed by atoms with Crippen LogP contribution in [0, 0.1) is 23.0 Å². The first-order valence-corrected chi connectivity index (χ1v) is 17.2. The third-order valence-electron chi connectivity index (χ3n) is 8.23. The standard InChI is InChI=1S/C21H14F5N5OS.C7H12FN.C4H8S/c1-3-29-19-9-6-11(21(24,25)26)14(15(23)16(9)30-20(31-19)32-2)8-4-5-12(22)17-13(8)10(7-27)18(28)33-17;8-6-4-7-2-1-3-9(7)5-6;1-2-4-5-3-1/h4-6H,3,28H2,1-2H3,(H,29,30,31);6-7H,1-5H2;1-4H2. The topological polar surface area (TPSA) is 100 Å². The number of methoxy groups -OCH3 is 1. The van der Waals surface area contributed by atoms with Gasteiger partial charge in [-0.25, -0.2) is 13.2 Å². The average molecular weight is 697 g/mol. The van der Waals surface area contributed by atoms with Gasteiger partial charge in [-0.05, 0) is 74.8 Å². The second kappa shape index (κ2) is 14.7. The van der Waals surface area contributed by atoms with Crippen LogP contribution in [0.3, 0.4) is 0 Å². The number of nitriles is 1. The molecule has 3 aliphatic heterocycles. The average Bonchev–Trinajstić information content (AvgIpc) is 3.84. The van der Waals surface area contributed by atoms with Crippen molar-refractivity contribution in [3.05, 3.63) is 41.0 Å². The number of nitrogens with zero attached hydrogens (tertiary/aromatic N) is 4. The molecule has 2 aromatic heterocycles. The predicted molar refractivity (Wildman–Crippen MR) is 176 cm³/mol. The third kappa shape index (κ3) is 7.34. The number of rotatable bonds is 4. The van der Waals surface area contributed by atoms with E-state index in [0.29, 0.717) is 23.9 Å². The van der Waals surface area contributed by atoms with Crippen LogP contribution in [0.2, 0.25) is 0 Å². The SMILES string of the molecule is C1CCSC1.CCNc1nc(OC)nc2c(F)c(-c3ccc(F)c4sc(N)c(C#N)c34)c(C(F)(F)F)cc12.FC1CC2CCCN2C1. The highest BCUT2D eigenvalue weighted by molar-refractivity contribution is 7.99. The van der Waals surface area contributed by atoms with Gasteiger partial charge in [-0.3, -0.25) is 4.90 Å². The largest absolute Gasteiger partial charge is 0.467 e. The molecular weight excluding hydrogens is 663 g/mol. The van der Waals surface area contributed by atoms with Gasteiger partial charge in [0, 0.05) is 35.5 Å². The summed E-state index contributed by atoms with van der Waals surface area (Å²) >= 11 is 2.77. The van der Waals surface area contributed by atoms with Gasteiger partial charge >= 0.3 is 12.2 Å². The van der Waals surface area contributed by atoms with E-state index in [1.807, 2.05) is 0 Å². The molecule has 7 rings (SSSR count). The number of nitrogens with two attached hydrogens (primary N) is 1. The van der Waals surface area contributed by atoms with Crippen LogP contribution in [-0.4, -0.2) is 65.3 Å². The lowest BCUT2D eigenvalue weighted by Crippen LogP contribution is -2.22. The number of anilines is 2. The van der Waals surface area contributed by atoms with Gasteiger partial charge in [-0.2, -0.15) is 40.2 Å².